The Bertz CT molecular complexity index is 922. The molecule has 0 aliphatic carbocycles. The first kappa shape index (κ1) is 20.5. The van der Waals surface area contributed by atoms with Gasteiger partial charge >= 0.3 is 5.97 Å². The molecule has 11 heteroatoms. The lowest BCUT2D eigenvalue weighted by Gasteiger charge is -2.08. The quantitative estimate of drug-likeness (QED) is 0.640. The summed E-state index contributed by atoms with van der Waals surface area (Å²) in [5, 5.41) is 5.92. The highest BCUT2D eigenvalue weighted by Gasteiger charge is 2.24. The number of halogens is 1. The van der Waals surface area contributed by atoms with Crippen LogP contribution in [0.3, 0.4) is 0 Å². The van der Waals surface area contributed by atoms with Gasteiger partial charge in [0.25, 0.3) is 5.91 Å². The maximum Gasteiger partial charge on any atom is 0.307 e. The highest BCUT2D eigenvalue weighted by atomic mass is 32.2. The maximum atomic E-state index is 13.0. The number of amides is 1. The third-order valence-corrected chi connectivity index (χ3v) is 5.03. The summed E-state index contributed by atoms with van der Waals surface area (Å²) in [5.41, 5.74) is 0.430. The van der Waals surface area contributed by atoms with E-state index in [1.54, 1.807) is 0 Å². The van der Waals surface area contributed by atoms with Gasteiger partial charge in [-0.2, -0.15) is 0 Å². The second-order valence-electron chi connectivity index (χ2n) is 5.52. The minimum Gasteiger partial charge on any atom is -0.456 e. The van der Waals surface area contributed by atoms with Gasteiger partial charge < -0.3 is 14.6 Å². The zero-order valence-corrected chi connectivity index (χ0v) is 15.4. The second kappa shape index (κ2) is 8.73. The molecule has 2 aromatic rings. The SMILES string of the molecule is Cc1noc(C)c1S(=O)(=O)NCCC(=O)OCC(=O)Nc1cccc(F)c1. The number of aromatic nitrogens is 1. The molecule has 1 heterocycles. The fourth-order valence-electron chi connectivity index (χ4n) is 2.20. The van der Waals surface area contributed by atoms with Crippen molar-refractivity contribution in [1.82, 2.24) is 9.88 Å². The van der Waals surface area contributed by atoms with Crippen molar-refractivity contribution in [1.29, 1.82) is 0 Å². The van der Waals surface area contributed by atoms with E-state index in [-0.39, 0.29) is 35.0 Å². The van der Waals surface area contributed by atoms with Gasteiger partial charge in [0.15, 0.2) is 12.4 Å². The number of hydrogen-bond acceptors (Lipinski definition) is 7. The van der Waals surface area contributed by atoms with Gasteiger partial charge in [0.2, 0.25) is 10.0 Å². The summed E-state index contributed by atoms with van der Waals surface area (Å²) in [4.78, 5) is 23.2. The first-order valence-corrected chi connectivity index (χ1v) is 9.31. The van der Waals surface area contributed by atoms with Gasteiger partial charge in [0, 0.05) is 12.2 Å². The van der Waals surface area contributed by atoms with Crippen molar-refractivity contribution >= 4 is 27.6 Å². The Morgan fingerprint density at radius 1 is 1.30 bits per heavy atom. The summed E-state index contributed by atoms with van der Waals surface area (Å²) in [6.07, 6.45) is -0.282. The van der Waals surface area contributed by atoms with Crippen LogP contribution in [0.4, 0.5) is 10.1 Å². The highest BCUT2D eigenvalue weighted by Crippen LogP contribution is 2.18. The number of hydrogen-bond donors (Lipinski definition) is 2. The Labute approximate surface area is 154 Å². The molecule has 0 spiro atoms. The topological polar surface area (TPSA) is 128 Å². The van der Waals surface area contributed by atoms with Crippen molar-refractivity contribution in [3.05, 3.63) is 41.5 Å². The molecule has 0 saturated carbocycles. The summed E-state index contributed by atoms with van der Waals surface area (Å²) in [5.74, 6) is -1.80. The first-order chi connectivity index (χ1) is 12.7. The normalized spacial score (nSPS) is 11.2. The van der Waals surface area contributed by atoms with Crippen LogP contribution in [0.5, 0.6) is 0 Å². The molecule has 2 rings (SSSR count). The van der Waals surface area contributed by atoms with E-state index in [0.717, 1.165) is 6.07 Å². The average molecular weight is 399 g/mol. The number of carbonyl (C=O) groups is 2. The molecule has 0 bridgehead atoms. The van der Waals surface area contributed by atoms with Crippen LogP contribution < -0.4 is 10.0 Å². The number of nitrogens with zero attached hydrogens (tertiary/aromatic N) is 1. The second-order valence-corrected chi connectivity index (χ2v) is 7.22. The van der Waals surface area contributed by atoms with Crippen LogP contribution in [0.15, 0.2) is 33.7 Å². The predicted molar refractivity (Wildman–Crippen MR) is 91.8 cm³/mol. The third-order valence-electron chi connectivity index (χ3n) is 3.33. The first-order valence-electron chi connectivity index (χ1n) is 7.82. The number of benzene rings is 1. The van der Waals surface area contributed by atoms with Gasteiger partial charge in [-0.15, -0.1) is 0 Å². The Balaban J connectivity index is 1.75. The lowest BCUT2D eigenvalue weighted by atomic mass is 10.3. The molecule has 0 aliphatic rings. The molecule has 1 aromatic carbocycles. The van der Waals surface area contributed by atoms with E-state index in [0.29, 0.717) is 0 Å². The van der Waals surface area contributed by atoms with E-state index in [1.165, 1.54) is 32.0 Å². The van der Waals surface area contributed by atoms with Crippen LogP contribution >= 0.6 is 0 Å². The van der Waals surface area contributed by atoms with Crippen molar-refractivity contribution in [3.63, 3.8) is 0 Å². The van der Waals surface area contributed by atoms with Gasteiger partial charge in [-0.1, -0.05) is 11.2 Å². The third kappa shape index (κ3) is 5.86. The smallest absolute Gasteiger partial charge is 0.307 e. The van der Waals surface area contributed by atoms with E-state index in [4.69, 9.17) is 9.26 Å². The van der Waals surface area contributed by atoms with Gasteiger partial charge in [-0.3, -0.25) is 9.59 Å². The summed E-state index contributed by atoms with van der Waals surface area (Å²) < 4.78 is 49.1. The zero-order chi connectivity index (χ0) is 20.0. The average Bonchev–Trinajstić information content (AvgIpc) is 2.92. The van der Waals surface area contributed by atoms with Gasteiger partial charge in [0.1, 0.15) is 16.4 Å². The van der Waals surface area contributed by atoms with Gasteiger partial charge in [-0.05, 0) is 32.0 Å². The molecule has 0 fully saturated rings. The minimum atomic E-state index is -3.88. The number of anilines is 1. The van der Waals surface area contributed by atoms with Crippen LogP contribution in [0, 0.1) is 19.7 Å². The molecule has 0 radical (unpaired) electrons. The summed E-state index contributed by atoms with van der Waals surface area (Å²) in [6.45, 7) is 2.14. The van der Waals surface area contributed by atoms with E-state index in [9.17, 15) is 22.4 Å². The predicted octanol–water partition coefficient (Wildman–Crippen LogP) is 1.28. The molecule has 2 N–H and O–H groups in total. The molecule has 0 aliphatic heterocycles. The molecular formula is C16H18FN3O6S. The number of sulfonamides is 1. The monoisotopic (exact) mass is 399 g/mol. The Kier molecular flexibility index (Phi) is 6.64. The summed E-state index contributed by atoms with van der Waals surface area (Å²) in [7, 11) is -3.88. The van der Waals surface area contributed by atoms with Crippen LogP contribution in [0.2, 0.25) is 0 Å². The number of carbonyl (C=O) groups excluding carboxylic acids is 2. The maximum absolute atomic E-state index is 13.0. The zero-order valence-electron chi connectivity index (χ0n) is 14.6. The molecule has 27 heavy (non-hydrogen) atoms. The fourth-order valence-corrected chi connectivity index (χ4v) is 3.56. The molecule has 1 amide bonds. The number of rotatable bonds is 8. The number of ether oxygens (including phenoxy) is 1. The number of esters is 1. The summed E-state index contributed by atoms with van der Waals surface area (Å²) >= 11 is 0. The molecule has 0 atom stereocenters. The molecule has 0 saturated heterocycles. The Morgan fingerprint density at radius 2 is 2.04 bits per heavy atom. The van der Waals surface area contributed by atoms with Crippen LogP contribution in [0.1, 0.15) is 17.9 Å². The highest BCUT2D eigenvalue weighted by molar-refractivity contribution is 7.89. The van der Waals surface area contributed by atoms with Crippen LogP contribution in [0.25, 0.3) is 0 Å². The molecule has 146 valence electrons. The summed E-state index contributed by atoms with van der Waals surface area (Å²) in [6, 6.07) is 5.23. The molecular weight excluding hydrogens is 381 g/mol. The molecule has 0 unspecified atom stereocenters. The van der Waals surface area contributed by atoms with Crippen LogP contribution in [-0.4, -0.2) is 38.6 Å². The Morgan fingerprint density at radius 3 is 2.67 bits per heavy atom. The lowest BCUT2D eigenvalue weighted by Crippen LogP contribution is -2.28. The fraction of sp³-hybridized carbons (Fsp3) is 0.312. The van der Waals surface area contributed by atoms with E-state index in [1.807, 2.05) is 0 Å². The standard InChI is InChI=1S/C16H18FN3O6S/c1-10-16(11(2)26-20-10)27(23,24)18-7-6-15(22)25-9-14(21)19-13-5-3-4-12(17)8-13/h3-5,8,18H,6-7,9H2,1-2H3,(H,19,21). The van der Waals surface area contributed by atoms with Crippen molar-refractivity contribution < 1.29 is 31.7 Å². The number of nitrogens with one attached hydrogen (secondary N) is 2. The van der Waals surface area contributed by atoms with Gasteiger partial charge in [0.05, 0.1) is 6.42 Å². The van der Waals surface area contributed by atoms with E-state index < -0.39 is 34.3 Å². The Hall–Kier alpha value is -2.79. The van der Waals surface area contributed by atoms with Crippen molar-refractivity contribution in [2.75, 3.05) is 18.5 Å². The molecule has 1 aromatic heterocycles. The van der Waals surface area contributed by atoms with Crippen molar-refractivity contribution in [2.45, 2.75) is 25.2 Å². The van der Waals surface area contributed by atoms with Crippen molar-refractivity contribution in [2.24, 2.45) is 0 Å². The number of aryl methyl sites for hydroxylation is 2. The van der Waals surface area contributed by atoms with E-state index in [2.05, 4.69) is 15.2 Å². The van der Waals surface area contributed by atoms with Crippen LogP contribution in [-0.2, 0) is 24.3 Å². The van der Waals surface area contributed by atoms with Gasteiger partial charge in [-0.25, -0.2) is 17.5 Å². The molecule has 9 nitrogen and oxygen atoms in total. The van der Waals surface area contributed by atoms with E-state index >= 15 is 0 Å². The lowest BCUT2D eigenvalue weighted by molar-refractivity contribution is -0.147. The largest absolute Gasteiger partial charge is 0.456 e. The van der Waals surface area contributed by atoms with Crippen molar-refractivity contribution in [3.8, 4) is 0 Å². The minimum absolute atomic E-state index is 0.0784.